The molecule has 1 amide bonds. The van der Waals surface area contributed by atoms with Gasteiger partial charge < -0.3 is 21.7 Å². The number of benzene rings is 2. The molecule has 1 saturated heterocycles. The van der Waals surface area contributed by atoms with E-state index >= 15 is 0 Å². The first-order chi connectivity index (χ1) is 16.6. The lowest BCUT2D eigenvalue weighted by Gasteiger charge is -2.33. The number of carbonyl (C=O) groups is 2. The van der Waals surface area contributed by atoms with Crippen molar-refractivity contribution in [2.45, 2.75) is 42.7 Å². The number of nitrogens with zero attached hydrogens (tertiary/aromatic N) is 1. The summed E-state index contributed by atoms with van der Waals surface area (Å²) in [4.78, 5) is 27.5. The molecule has 0 bridgehead atoms. The Balaban J connectivity index is 1.43. The van der Waals surface area contributed by atoms with Crippen LogP contribution < -0.4 is 21.5 Å². The summed E-state index contributed by atoms with van der Waals surface area (Å²) in [7, 11) is -4.05. The summed E-state index contributed by atoms with van der Waals surface area (Å²) in [5.41, 5.74) is 11.4. The Labute approximate surface area is 205 Å². The predicted octanol–water partition coefficient (Wildman–Crippen LogP) is 0.515. The van der Waals surface area contributed by atoms with Crippen LogP contribution in [0.3, 0.4) is 0 Å². The van der Waals surface area contributed by atoms with Crippen LogP contribution in [0.25, 0.3) is 10.8 Å². The Kier molecular flexibility index (Phi) is 7.39. The van der Waals surface area contributed by atoms with E-state index in [1.807, 2.05) is 24.3 Å². The molecule has 4 rings (SSSR count). The van der Waals surface area contributed by atoms with Crippen LogP contribution in [0.15, 0.2) is 47.4 Å². The number of amides is 1. The SMILES string of the molecule is N=C(N)N1CCCC(CNC(=O)C[C@H](NS(=O)(=O)c2ccc3ccccc3c2)C(=O)C2CC2N)C1. The van der Waals surface area contributed by atoms with Gasteiger partial charge in [-0.05, 0) is 48.1 Å². The molecule has 2 aromatic carbocycles. The lowest BCUT2D eigenvalue weighted by atomic mass is 9.98. The van der Waals surface area contributed by atoms with E-state index in [0.717, 1.165) is 23.6 Å². The van der Waals surface area contributed by atoms with Crippen LogP contribution in [-0.4, -0.2) is 62.7 Å². The Bertz CT molecular complexity index is 1230. The number of hydrogen-bond donors (Lipinski definition) is 5. The molecule has 0 radical (unpaired) electrons. The van der Waals surface area contributed by atoms with Crippen molar-refractivity contribution in [3.05, 3.63) is 42.5 Å². The molecule has 0 aromatic heterocycles. The molecule has 1 saturated carbocycles. The molecular weight excluding hydrogens is 468 g/mol. The van der Waals surface area contributed by atoms with Crippen LogP contribution in [0, 0.1) is 17.2 Å². The lowest BCUT2D eigenvalue weighted by molar-refractivity contribution is -0.127. The van der Waals surface area contributed by atoms with Gasteiger partial charge >= 0.3 is 0 Å². The van der Waals surface area contributed by atoms with Gasteiger partial charge in [0, 0.05) is 38.0 Å². The third-order valence-corrected chi connectivity index (χ3v) is 8.18. The molecule has 0 spiro atoms. The zero-order chi connectivity index (χ0) is 25.2. The number of nitrogens with one attached hydrogen (secondary N) is 3. The quantitative estimate of drug-likeness (QED) is 0.247. The highest BCUT2D eigenvalue weighted by Crippen LogP contribution is 2.31. The maximum atomic E-state index is 13.1. The van der Waals surface area contributed by atoms with E-state index in [4.69, 9.17) is 16.9 Å². The van der Waals surface area contributed by atoms with Gasteiger partial charge in [0.15, 0.2) is 11.7 Å². The Morgan fingerprint density at radius 1 is 1.17 bits per heavy atom. The molecule has 2 fully saturated rings. The number of fused-ring (bicyclic) bond motifs is 1. The minimum Gasteiger partial charge on any atom is -0.370 e. The smallest absolute Gasteiger partial charge is 0.241 e. The van der Waals surface area contributed by atoms with E-state index < -0.39 is 27.9 Å². The Morgan fingerprint density at radius 2 is 1.89 bits per heavy atom. The van der Waals surface area contributed by atoms with E-state index in [9.17, 15) is 18.0 Å². The van der Waals surface area contributed by atoms with E-state index in [2.05, 4.69) is 10.0 Å². The second-order valence-electron chi connectivity index (χ2n) is 9.44. The highest BCUT2D eigenvalue weighted by Gasteiger charge is 2.44. The monoisotopic (exact) mass is 500 g/mol. The minimum atomic E-state index is -4.05. The fourth-order valence-electron chi connectivity index (χ4n) is 4.56. The average molecular weight is 501 g/mol. The Hall–Kier alpha value is -3.02. The van der Waals surface area contributed by atoms with Crippen LogP contribution in [0.1, 0.15) is 25.7 Å². The average Bonchev–Trinajstić information content (AvgIpc) is 3.58. The third-order valence-electron chi connectivity index (χ3n) is 6.71. The number of likely N-dealkylation sites (tertiary alicyclic amines) is 1. The zero-order valence-electron chi connectivity index (χ0n) is 19.4. The molecule has 2 aromatic rings. The van der Waals surface area contributed by atoms with Crippen molar-refractivity contribution >= 4 is 38.4 Å². The summed E-state index contributed by atoms with van der Waals surface area (Å²) in [6.45, 7) is 1.65. The standard InChI is InChI=1S/C24H32N6O4S/c25-20-11-19(20)23(32)21(12-22(31)28-13-15-4-3-9-30(14-15)24(26)27)29-35(33,34)18-8-7-16-5-1-2-6-17(16)10-18/h1-2,5-8,10,15,19-21,29H,3-4,9,11-14,25H2,(H3,26,27)(H,28,31)/t15?,19?,20?,21-/m0/s1. The van der Waals surface area contributed by atoms with Crippen molar-refractivity contribution < 1.29 is 18.0 Å². The fourth-order valence-corrected chi connectivity index (χ4v) is 5.80. The molecular formula is C24H32N6O4S. The van der Waals surface area contributed by atoms with Gasteiger partial charge in [-0.25, -0.2) is 13.1 Å². The van der Waals surface area contributed by atoms with Crippen LogP contribution >= 0.6 is 0 Å². The van der Waals surface area contributed by atoms with Crippen LogP contribution in [0.5, 0.6) is 0 Å². The molecule has 1 aliphatic heterocycles. The van der Waals surface area contributed by atoms with Gasteiger partial charge in [-0.2, -0.15) is 0 Å². The first-order valence-corrected chi connectivity index (χ1v) is 13.3. The largest absolute Gasteiger partial charge is 0.370 e. The van der Waals surface area contributed by atoms with Gasteiger partial charge in [0.05, 0.1) is 10.9 Å². The highest BCUT2D eigenvalue weighted by atomic mass is 32.2. The first-order valence-electron chi connectivity index (χ1n) is 11.8. The van der Waals surface area contributed by atoms with Gasteiger partial charge in [-0.3, -0.25) is 15.0 Å². The maximum absolute atomic E-state index is 13.1. The van der Waals surface area contributed by atoms with Gasteiger partial charge in [0.1, 0.15) is 0 Å². The number of guanidine groups is 1. The van der Waals surface area contributed by atoms with Gasteiger partial charge in [0.25, 0.3) is 0 Å². The summed E-state index contributed by atoms with van der Waals surface area (Å²) in [6.07, 6.45) is 1.93. The second-order valence-corrected chi connectivity index (χ2v) is 11.2. The van der Waals surface area contributed by atoms with Gasteiger partial charge in [0.2, 0.25) is 15.9 Å². The van der Waals surface area contributed by atoms with Gasteiger partial charge in [-0.15, -0.1) is 0 Å². The number of piperidine rings is 1. The lowest BCUT2D eigenvalue weighted by Crippen LogP contribution is -2.48. The third kappa shape index (κ3) is 6.16. The summed E-state index contributed by atoms with van der Waals surface area (Å²) in [5, 5.41) is 12.1. The highest BCUT2D eigenvalue weighted by molar-refractivity contribution is 7.89. The van der Waals surface area contributed by atoms with Crippen molar-refractivity contribution in [2.24, 2.45) is 23.3 Å². The van der Waals surface area contributed by atoms with Crippen LogP contribution in [0.2, 0.25) is 0 Å². The second kappa shape index (κ2) is 10.3. The number of ketones is 1. The first kappa shape index (κ1) is 25.1. The molecule has 7 N–H and O–H groups in total. The molecule has 10 nitrogen and oxygen atoms in total. The molecule has 35 heavy (non-hydrogen) atoms. The topological polar surface area (TPSA) is 171 Å². The Morgan fingerprint density at radius 3 is 2.57 bits per heavy atom. The molecule has 188 valence electrons. The van der Waals surface area contributed by atoms with Crippen molar-refractivity contribution in [3.8, 4) is 0 Å². The summed E-state index contributed by atoms with van der Waals surface area (Å²) in [5.74, 6) is -1.10. The van der Waals surface area contributed by atoms with E-state index in [-0.39, 0.29) is 35.0 Å². The van der Waals surface area contributed by atoms with Crippen molar-refractivity contribution in [3.63, 3.8) is 0 Å². The van der Waals surface area contributed by atoms with Crippen molar-refractivity contribution in [2.75, 3.05) is 19.6 Å². The zero-order valence-corrected chi connectivity index (χ0v) is 20.3. The predicted molar refractivity (Wildman–Crippen MR) is 133 cm³/mol. The fraction of sp³-hybridized carbons (Fsp3) is 0.458. The minimum absolute atomic E-state index is 0.00977. The van der Waals surface area contributed by atoms with Crippen molar-refractivity contribution in [1.82, 2.24) is 14.9 Å². The summed E-state index contributed by atoms with van der Waals surface area (Å²) >= 11 is 0. The van der Waals surface area contributed by atoms with E-state index in [0.29, 0.717) is 26.1 Å². The number of Topliss-reactive ketones (excluding diaryl/α,β-unsaturated/α-hetero) is 1. The van der Waals surface area contributed by atoms with Crippen molar-refractivity contribution in [1.29, 1.82) is 5.41 Å². The summed E-state index contributed by atoms with van der Waals surface area (Å²) < 4.78 is 28.7. The molecule has 3 unspecified atom stereocenters. The number of sulfonamides is 1. The van der Waals surface area contributed by atoms with Crippen LogP contribution in [-0.2, 0) is 19.6 Å². The molecule has 11 heteroatoms. The molecule has 2 aliphatic rings. The number of carbonyl (C=O) groups excluding carboxylic acids is 2. The summed E-state index contributed by atoms with van der Waals surface area (Å²) in [6, 6.07) is 10.6. The number of rotatable bonds is 9. The van der Waals surface area contributed by atoms with E-state index in [1.54, 1.807) is 17.0 Å². The number of nitrogens with two attached hydrogens (primary N) is 2. The number of hydrogen-bond acceptors (Lipinski definition) is 6. The molecule has 4 atom stereocenters. The van der Waals surface area contributed by atoms with Crippen LogP contribution in [0.4, 0.5) is 0 Å². The normalized spacial score (nSPS) is 23.0. The van der Waals surface area contributed by atoms with E-state index in [1.165, 1.54) is 6.07 Å². The molecule has 1 heterocycles. The maximum Gasteiger partial charge on any atom is 0.241 e. The molecule has 1 aliphatic carbocycles. The van der Waals surface area contributed by atoms with Gasteiger partial charge in [-0.1, -0.05) is 30.3 Å².